The maximum absolute atomic E-state index is 12.6. The summed E-state index contributed by atoms with van der Waals surface area (Å²) >= 11 is 5.85. The highest BCUT2D eigenvalue weighted by Gasteiger charge is 2.15. The van der Waals surface area contributed by atoms with E-state index in [2.05, 4.69) is 10.4 Å². The molecule has 0 aliphatic heterocycles. The Labute approximate surface area is 156 Å². The molecule has 1 amide bonds. The molecule has 2 aromatic carbocycles. The van der Waals surface area contributed by atoms with E-state index in [1.54, 1.807) is 43.6 Å². The number of ether oxygens (including phenoxy) is 2. The van der Waals surface area contributed by atoms with Crippen LogP contribution < -0.4 is 14.8 Å². The number of amides is 1. The summed E-state index contributed by atoms with van der Waals surface area (Å²) in [6.45, 7) is 2.04. The number of aromatic nitrogens is 2. The van der Waals surface area contributed by atoms with Crippen LogP contribution in [0.15, 0.2) is 54.7 Å². The van der Waals surface area contributed by atoms with Crippen molar-refractivity contribution < 1.29 is 14.3 Å². The first-order valence-corrected chi connectivity index (χ1v) is 8.31. The third-order valence-corrected chi connectivity index (χ3v) is 3.97. The van der Waals surface area contributed by atoms with Crippen molar-refractivity contribution >= 4 is 23.2 Å². The molecule has 0 saturated carbocycles. The van der Waals surface area contributed by atoms with Gasteiger partial charge in [-0.15, -0.1) is 0 Å². The molecule has 0 fully saturated rings. The molecule has 0 aliphatic carbocycles. The van der Waals surface area contributed by atoms with Crippen LogP contribution in [-0.4, -0.2) is 22.8 Å². The van der Waals surface area contributed by atoms with Crippen LogP contribution in [0.2, 0.25) is 5.02 Å². The van der Waals surface area contributed by atoms with E-state index in [0.717, 1.165) is 5.56 Å². The molecule has 1 N–H and O–H groups in total. The summed E-state index contributed by atoms with van der Waals surface area (Å²) in [4.78, 5) is 12.6. The first-order chi connectivity index (χ1) is 12.6. The summed E-state index contributed by atoms with van der Waals surface area (Å²) in [5.74, 6) is 0.926. The summed E-state index contributed by atoms with van der Waals surface area (Å²) in [6, 6.07) is 14.2. The van der Waals surface area contributed by atoms with Gasteiger partial charge < -0.3 is 14.8 Å². The predicted molar refractivity (Wildman–Crippen MR) is 100.0 cm³/mol. The Balaban J connectivity index is 1.72. The van der Waals surface area contributed by atoms with Gasteiger partial charge in [0, 0.05) is 11.2 Å². The fraction of sp³-hybridized carbons (Fsp3) is 0.158. The van der Waals surface area contributed by atoms with Crippen molar-refractivity contribution in [3.63, 3.8) is 0 Å². The van der Waals surface area contributed by atoms with Crippen LogP contribution in [0.3, 0.4) is 0 Å². The molecule has 6 nitrogen and oxygen atoms in total. The predicted octanol–water partition coefficient (Wildman–Crippen LogP) is 4.14. The third kappa shape index (κ3) is 4.15. The maximum atomic E-state index is 12.6. The van der Waals surface area contributed by atoms with Gasteiger partial charge in [-0.3, -0.25) is 4.79 Å². The zero-order valence-electron chi connectivity index (χ0n) is 14.4. The van der Waals surface area contributed by atoms with Gasteiger partial charge in [-0.2, -0.15) is 5.10 Å². The highest BCUT2D eigenvalue weighted by Crippen LogP contribution is 2.25. The molecule has 0 unspecified atom stereocenters. The highest BCUT2D eigenvalue weighted by atomic mass is 35.5. The minimum Gasteiger partial charge on any atom is -0.495 e. The number of methoxy groups -OCH3 is 1. The normalized spacial score (nSPS) is 10.4. The molecule has 1 heterocycles. The zero-order chi connectivity index (χ0) is 18.5. The molecular weight excluding hydrogens is 354 g/mol. The monoisotopic (exact) mass is 371 g/mol. The summed E-state index contributed by atoms with van der Waals surface area (Å²) in [5.41, 5.74) is 1.99. The largest absolute Gasteiger partial charge is 0.495 e. The van der Waals surface area contributed by atoms with Crippen molar-refractivity contribution in [1.82, 2.24) is 9.78 Å². The molecule has 0 radical (unpaired) electrons. The number of rotatable bonds is 6. The Morgan fingerprint density at radius 3 is 2.69 bits per heavy atom. The lowest BCUT2D eigenvalue weighted by Crippen LogP contribution is -2.20. The van der Waals surface area contributed by atoms with Crippen LogP contribution in [0, 0.1) is 6.92 Å². The molecule has 0 aliphatic rings. The van der Waals surface area contributed by atoms with Crippen LogP contribution in [-0.2, 0) is 6.73 Å². The van der Waals surface area contributed by atoms with Crippen molar-refractivity contribution in [2.45, 2.75) is 13.7 Å². The van der Waals surface area contributed by atoms with Crippen LogP contribution in [0.1, 0.15) is 16.1 Å². The minimum absolute atomic E-state index is 0.0995. The molecule has 134 valence electrons. The van der Waals surface area contributed by atoms with Crippen molar-refractivity contribution in [2.75, 3.05) is 12.4 Å². The highest BCUT2D eigenvalue weighted by molar-refractivity contribution is 6.30. The molecule has 26 heavy (non-hydrogen) atoms. The summed E-state index contributed by atoms with van der Waals surface area (Å²) in [5, 5.41) is 7.63. The summed E-state index contributed by atoms with van der Waals surface area (Å²) < 4.78 is 12.4. The van der Waals surface area contributed by atoms with E-state index in [0.29, 0.717) is 27.9 Å². The lowest BCUT2D eigenvalue weighted by Gasteiger charge is -2.12. The van der Waals surface area contributed by atoms with Gasteiger partial charge >= 0.3 is 0 Å². The molecular formula is C19H18ClN3O3. The second-order valence-electron chi connectivity index (χ2n) is 5.60. The molecule has 1 aromatic heterocycles. The molecule has 0 saturated heterocycles. The molecule has 3 aromatic rings. The second-order valence-corrected chi connectivity index (χ2v) is 6.04. The van der Waals surface area contributed by atoms with Crippen molar-refractivity contribution in [2.24, 2.45) is 0 Å². The average molecular weight is 372 g/mol. The van der Waals surface area contributed by atoms with Crippen LogP contribution in [0.5, 0.6) is 11.5 Å². The topological polar surface area (TPSA) is 65.4 Å². The van der Waals surface area contributed by atoms with Crippen LogP contribution in [0.25, 0.3) is 0 Å². The van der Waals surface area contributed by atoms with E-state index in [-0.39, 0.29) is 12.6 Å². The number of benzene rings is 2. The number of nitrogens with zero attached hydrogens (tertiary/aromatic N) is 2. The van der Waals surface area contributed by atoms with Crippen molar-refractivity contribution in [1.29, 1.82) is 0 Å². The van der Waals surface area contributed by atoms with Crippen LogP contribution in [0.4, 0.5) is 5.69 Å². The summed E-state index contributed by atoms with van der Waals surface area (Å²) in [7, 11) is 1.56. The SMILES string of the molecule is COc1ccc(C)cc1NC(=O)c1ccnn1COc1ccc(Cl)cc1. The lowest BCUT2D eigenvalue weighted by molar-refractivity contribution is 0.100. The Morgan fingerprint density at radius 1 is 1.19 bits per heavy atom. The average Bonchev–Trinajstić information content (AvgIpc) is 3.10. The van der Waals surface area contributed by atoms with Gasteiger partial charge in [0.2, 0.25) is 0 Å². The number of hydrogen-bond acceptors (Lipinski definition) is 4. The Kier molecular flexibility index (Phi) is 5.43. The molecule has 0 spiro atoms. The fourth-order valence-electron chi connectivity index (χ4n) is 2.40. The van der Waals surface area contributed by atoms with Gasteiger partial charge in [-0.25, -0.2) is 4.68 Å². The number of halogens is 1. The Morgan fingerprint density at radius 2 is 1.96 bits per heavy atom. The molecule has 3 rings (SSSR count). The van der Waals surface area contributed by atoms with E-state index >= 15 is 0 Å². The van der Waals surface area contributed by atoms with E-state index in [1.807, 2.05) is 25.1 Å². The quantitative estimate of drug-likeness (QED) is 0.707. The molecule has 7 heteroatoms. The van der Waals surface area contributed by atoms with Gasteiger partial charge in [0.1, 0.15) is 17.2 Å². The summed E-state index contributed by atoms with van der Waals surface area (Å²) in [6.07, 6.45) is 1.55. The number of anilines is 1. The Bertz CT molecular complexity index is 907. The molecule has 0 bridgehead atoms. The number of hydrogen-bond donors (Lipinski definition) is 1. The lowest BCUT2D eigenvalue weighted by atomic mass is 10.2. The number of nitrogens with one attached hydrogen (secondary N) is 1. The maximum Gasteiger partial charge on any atom is 0.274 e. The van der Waals surface area contributed by atoms with Gasteiger partial charge in [-0.05, 0) is 55.0 Å². The third-order valence-electron chi connectivity index (χ3n) is 3.72. The first-order valence-electron chi connectivity index (χ1n) is 7.93. The van der Waals surface area contributed by atoms with Gasteiger partial charge in [-0.1, -0.05) is 17.7 Å². The van der Waals surface area contributed by atoms with Gasteiger partial charge in [0.05, 0.1) is 12.8 Å². The van der Waals surface area contributed by atoms with Crippen molar-refractivity contribution in [3.8, 4) is 11.5 Å². The van der Waals surface area contributed by atoms with Gasteiger partial charge in [0.15, 0.2) is 6.73 Å². The van der Waals surface area contributed by atoms with Crippen LogP contribution >= 0.6 is 11.6 Å². The Hall–Kier alpha value is -2.99. The number of carbonyl (C=O) groups is 1. The van der Waals surface area contributed by atoms with Crippen molar-refractivity contribution in [3.05, 3.63) is 71.0 Å². The fourth-order valence-corrected chi connectivity index (χ4v) is 2.53. The number of aryl methyl sites for hydroxylation is 1. The zero-order valence-corrected chi connectivity index (χ0v) is 15.2. The first kappa shape index (κ1) is 17.8. The van der Waals surface area contributed by atoms with E-state index in [1.165, 1.54) is 4.68 Å². The van der Waals surface area contributed by atoms with Gasteiger partial charge in [0.25, 0.3) is 5.91 Å². The van der Waals surface area contributed by atoms with E-state index in [4.69, 9.17) is 21.1 Å². The molecule has 0 atom stereocenters. The second kappa shape index (κ2) is 7.93. The van der Waals surface area contributed by atoms with E-state index < -0.39 is 0 Å². The standard InChI is InChI=1S/C19H18ClN3O3/c1-13-3-8-18(25-2)16(11-13)22-19(24)17-9-10-21-23(17)12-26-15-6-4-14(20)5-7-15/h3-11H,12H2,1-2H3,(H,22,24). The minimum atomic E-state index is -0.300. The number of carbonyl (C=O) groups excluding carboxylic acids is 1. The smallest absolute Gasteiger partial charge is 0.274 e. The van der Waals surface area contributed by atoms with E-state index in [9.17, 15) is 4.79 Å².